The second-order valence-corrected chi connectivity index (χ2v) is 9.67. The first-order valence-corrected chi connectivity index (χ1v) is 11.8. The molecule has 4 rings (SSSR count). The normalized spacial score (nSPS) is 21.6. The van der Waals surface area contributed by atoms with Crippen molar-refractivity contribution < 1.29 is 23.2 Å². The van der Waals surface area contributed by atoms with Gasteiger partial charge >= 0.3 is 0 Å². The number of hydrogen-bond acceptors (Lipinski definition) is 6. The van der Waals surface area contributed by atoms with E-state index in [4.69, 9.17) is 9.94 Å². The number of ether oxygens (including phenoxy) is 1. The van der Waals surface area contributed by atoms with E-state index < -0.39 is 22.2 Å². The van der Waals surface area contributed by atoms with Gasteiger partial charge in [-0.2, -0.15) is 17.0 Å². The first kappa shape index (κ1) is 21.8. The van der Waals surface area contributed by atoms with Crippen molar-refractivity contribution in [3.63, 3.8) is 0 Å². The van der Waals surface area contributed by atoms with E-state index in [0.29, 0.717) is 38.8 Å². The molecular weight excluding hydrogens is 422 g/mol. The highest BCUT2D eigenvalue weighted by Gasteiger charge is 2.41. The zero-order chi connectivity index (χ0) is 21.8. The zero-order valence-corrected chi connectivity index (χ0v) is 17.9. The molecule has 168 valence electrons. The number of amides is 1. The zero-order valence-electron chi connectivity index (χ0n) is 17.1. The van der Waals surface area contributed by atoms with E-state index in [2.05, 4.69) is 4.98 Å². The molecule has 10 nitrogen and oxygen atoms in total. The molecule has 1 aromatic heterocycles. The van der Waals surface area contributed by atoms with Crippen LogP contribution in [0.3, 0.4) is 0 Å². The molecular formula is C20H27N5O5S. The van der Waals surface area contributed by atoms with Crippen molar-refractivity contribution in [2.45, 2.75) is 44.2 Å². The number of nitrogens with zero attached hydrogens (tertiary/aromatic N) is 4. The molecule has 0 radical (unpaired) electrons. The lowest BCUT2D eigenvalue weighted by Crippen LogP contribution is -2.57. The summed E-state index contributed by atoms with van der Waals surface area (Å²) in [5.74, 6) is 0.0570. The standard InChI is InChI=1S/C20H27N5O5S/c26-20(22-27)19-3-1-2-11-25(19)31(28,29)24-12-8-18(9-13-24)30-17-6-4-16(5-7-17)23-14-10-21-15-23/h4-7,10,14-15,18-19,27H,1-3,8-9,11-13H2,(H,22,26). The minimum absolute atomic E-state index is 0.0801. The average molecular weight is 450 g/mol. The Bertz CT molecular complexity index is 972. The topological polar surface area (TPSA) is 117 Å². The van der Waals surface area contributed by atoms with Crippen LogP contribution in [0.5, 0.6) is 5.75 Å². The molecule has 2 fully saturated rings. The Morgan fingerprint density at radius 3 is 2.48 bits per heavy atom. The summed E-state index contributed by atoms with van der Waals surface area (Å²) in [7, 11) is -3.79. The second-order valence-electron chi connectivity index (χ2n) is 7.79. The third kappa shape index (κ3) is 4.74. The smallest absolute Gasteiger partial charge is 0.282 e. The molecule has 1 atom stereocenters. The van der Waals surface area contributed by atoms with Crippen LogP contribution >= 0.6 is 0 Å². The fraction of sp³-hybridized carbons (Fsp3) is 0.500. The van der Waals surface area contributed by atoms with Gasteiger partial charge in [-0.15, -0.1) is 0 Å². The number of hydrogen-bond donors (Lipinski definition) is 2. The predicted octanol–water partition coefficient (Wildman–Crippen LogP) is 1.32. The molecule has 11 heteroatoms. The number of nitrogens with one attached hydrogen (secondary N) is 1. The summed E-state index contributed by atoms with van der Waals surface area (Å²) < 4.78 is 36.8. The van der Waals surface area contributed by atoms with Gasteiger partial charge in [0.25, 0.3) is 16.1 Å². The third-order valence-electron chi connectivity index (χ3n) is 5.83. The molecule has 0 bridgehead atoms. The summed E-state index contributed by atoms with van der Waals surface area (Å²) in [6.45, 7) is 0.925. The maximum absolute atomic E-state index is 13.1. The van der Waals surface area contributed by atoms with Crippen LogP contribution < -0.4 is 10.2 Å². The monoisotopic (exact) mass is 449 g/mol. The van der Waals surface area contributed by atoms with Crippen molar-refractivity contribution in [3.8, 4) is 11.4 Å². The summed E-state index contributed by atoms with van der Waals surface area (Å²) >= 11 is 0. The molecule has 3 heterocycles. The van der Waals surface area contributed by atoms with Gasteiger partial charge in [0.05, 0.1) is 6.33 Å². The van der Waals surface area contributed by atoms with E-state index in [1.807, 2.05) is 35.0 Å². The van der Waals surface area contributed by atoms with E-state index in [9.17, 15) is 13.2 Å². The van der Waals surface area contributed by atoms with Crippen molar-refractivity contribution in [3.05, 3.63) is 43.0 Å². The van der Waals surface area contributed by atoms with Gasteiger partial charge < -0.3 is 9.30 Å². The average Bonchev–Trinajstić information content (AvgIpc) is 3.34. The van der Waals surface area contributed by atoms with E-state index in [1.165, 1.54) is 8.61 Å². The first-order chi connectivity index (χ1) is 15.0. The lowest BCUT2D eigenvalue weighted by Gasteiger charge is -2.39. The van der Waals surface area contributed by atoms with Crippen LogP contribution in [0.25, 0.3) is 5.69 Å². The quantitative estimate of drug-likeness (QED) is 0.507. The molecule has 2 aliphatic rings. The number of rotatable bonds is 6. The van der Waals surface area contributed by atoms with Crippen molar-refractivity contribution in [2.75, 3.05) is 19.6 Å². The molecule has 1 aromatic carbocycles. The molecule has 0 aliphatic carbocycles. The van der Waals surface area contributed by atoms with Crippen molar-refractivity contribution in [1.29, 1.82) is 0 Å². The Labute approximate surface area is 181 Å². The van der Waals surface area contributed by atoms with Crippen LogP contribution in [0.4, 0.5) is 0 Å². The summed E-state index contributed by atoms with van der Waals surface area (Å²) in [5.41, 5.74) is 2.58. The molecule has 2 N–H and O–H groups in total. The van der Waals surface area contributed by atoms with Crippen LogP contribution in [0.1, 0.15) is 32.1 Å². The fourth-order valence-electron chi connectivity index (χ4n) is 4.15. The number of aromatic nitrogens is 2. The van der Waals surface area contributed by atoms with E-state index in [0.717, 1.165) is 17.9 Å². The predicted molar refractivity (Wildman–Crippen MR) is 112 cm³/mol. The Morgan fingerprint density at radius 2 is 1.84 bits per heavy atom. The molecule has 2 aromatic rings. The number of benzene rings is 1. The van der Waals surface area contributed by atoms with Crippen LogP contribution in [-0.2, 0) is 15.0 Å². The highest BCUT2D eigenvalue weighted by atomic mass is 32.2. The SMILES string of the molecule is O=C(NO)C1CCCCN1S(=O)(=O)N1CCC(Oc2ccc(-n3ccnc3)cc2)CC1. The van der Waals surface area contributed by atoms with Gasteiger partial charge in [0, 0.05) is 37.7 Å². The number of piperidine rings is 2. The van der Waals surface area contributed by atoms with Gasteiger partial charge in [-0.25, -0.2) is 10.5 Å². The minimum Gasteiger partial charge on any atom is -0.490 e. The van der Waals surface area contributed by atoms with Crippen LogP contribution in [0, 0.1) is 0 Å². The Balaban J connectivity index is 1.35. The van der Waals surface area contributed by atoms with Gasteiger partial charge in [0.15, 0.2) is 0 Å². The molecule has 2 aliphatic heterocycles. The highest BCUT2D eigenvalue weighted by Crippen LogP contribution is 2.27. The molecule has 1 unspecified atom stereocenters. The number of hydroxylamine groups is 1. The van der Waals surface area contributed by atoms with Gasteiger partial charge in [0.2, 0.25) is 0 Å². The molecule has 0 spiro atoms. The van der Waals surface area contributed by atoms with Crippen molar-refractivity contribution in [1.82, 2.24) is 23.6 Å². The maximum Gasteiger partial charge on any atom is 0.282 e. The first-order valence-electron chi connectivity index (χ1n) is 10.4. The van der Waals surface area contributed by atoms with Gasteiger partial charge in [-0.05, 0) is 49.9 Å². The number of imidazole rings is 1. The lowest BCUT2D eigenvalue weighted by molar-refractivity contribution is -0.134. The van der Waals surface area contributed by atoms with Crippen LogP contribution in [-0.4, -0.2) is 69.5 Å². The van der Waals surface area contributed by atoms with Crippen molar-refractivity contribution in [2.24, 2.45) is 0 Å². The second kappa shape index (κ2) is 9.35. The number of carbonyl (C=O) groups excluding carboxylic acids is 1. The lowest BCUT2D eigenvalue weighted by atomic mass is 10.0. The van der Waals surface area contributed by atoms with Crippen molar-refractivity contribution >= 4 is 16.1 Å². The van der Waals surface area contributed by atoms with E-state index in [-0.39, 0.29) is 12.6 Å². The molecule has 2 saturated heterocycles. The fourth-order valence-corrected chi connectivity index (χ4v) is 6.00. The van der Waals surface area contributed by atoms with Crippen LogP contribution in [0.2, 0.25) is 0 Å². The Morgan fingerprint density at radius 1 is 1.10 bits per heavy atom. The Hall–Kier alpha value is -2.47. The summed E-state index contributed by atoms with van der Waals surface area (Å²) in [6.07, 6.45) is 8.20. The van der Waals surface area contributed by atoms with Gasteiger partial charge in [-0.1, -0.05) is 6.42 Å². The molecule has 0 saturated carbocycles. The van der Waals surface area contributed by atoms with Gasteiger partial charge in [0.1, 0.15) is 17.9 Å². The Kier molecular flexibility index (Phi) is 6.56. The molecule has 1 amide bonds. The number of carbonyl (C=O) groups is 1. The van der Waals surface area contributed by atoms with E-state index in [1.54, 1.807) is 18.0 Å². The summed E-state index contributed by atoms with van der Waals surface area (Å²) in [5, 5.41) is 8.97. The van der Waals surface area contributed by atoms with Gasteiger partial charge in [-0.3, -0.25) is 10.0 Å². The largest absolute Gasteiger partial charge is 0.490 e. The van der Waals surface area contributed by atoms with Crippen LogP contribution in [0.15, 0.2) is 43.0 Å². The third-order valence-corrected chi connectivity index (χ3v) is 7.88. The highest BCUT2D eigenvalue weighted by molar-refractivity contribution is 7.86. The summed E-state index contributed by atoms with van der Waals surface area (Å²) in [6, 6.07) is 6.81. The van der Waals surface area contributed by atoms with E-state index >= 15 is 0 Å². The maximum atomic E-state index is 13.1. The molecule has 31 heavy (non-hydrogen) atoms. The minimum atomic E-state index is -3.79. The summed E-state index contributed by atoms with van der Waals surface area (Å²) in [4.78, 5) is 16.0.